The summed E-state index contributed by atoms with van der Waals surface area (Å²) in [7, 11) is 0. The molecule has 0 saturated carbocycles. The van der Waals surface area contributed by atoms with Crippen LogP contribution in [-0.4, -0.2) is 16.8 Å². The van der Waals surface area contributed by atoms with Gasteiger partial charge in [0.25, 0.3) is 5.91 Å². The molecule has 3 aromatic rings. The standard InChI is InChI=1S/C23H21ClFN3O2/c1-14-19(25)11-18(23(30)27-15(2)17-6-4-3-5-7-17)12-20(14)28-22(29)10-16-8-9-21(24)26-13-16/h3-9,11-13,15H,10H2,1-2H3,(H,27,30)(H,28,29). The van der Waals surface area contributed by atoms with Crippen molar-refractivity contribution in [3.8, 4) is 0 Å². The Kier molecular flexibility index (Phi) is 6.79. The Hall–Kier alpha value is -3.25. The van der Waals surface area contributed by atoms with Crippen LogP contribution in [0.5, 0.6) is 0 Å². The van der Waals surface area contributed by atoms with E-state index < -0.39 is 11.7 Å². The van der Waals surface area contributed by atoms with E-state index in [9.17, 15) is 14.0 Å². The second-order valence-electron chi connectivity index (χ2n) is 6.95. The maximum absolute atomic E-state index is 14.4. The first-order chi connectivity index (χ1) is 14.3. The van der Waals surface area contributed by atoms with E-state index in [2.05, 4.69) is 15.6 Å². The molecule has 0 bridgehead atoms. The molecule has 0 spiro atoms. The summed E-state index contributed by atoms with van der Waals surface area (Å²) >= 11 is 5.75. The predicted molar refractivity (Wildman–Crippen MR) is 115 cm³/mol. The molecule has 1 aromatic heterocycles. The van der Waals surface area contributed by atoms with Gasteiger partial charge >= 0.3 is 0 Å². The molecule has 0 fully saturated rings. The quantitative estimate of drug-likeness (QED) is 0.554. The fourth-order valence-electron chi connectivity index (χ4n) is 2.94. The van der Waals surface area contributed by atoms with Crippen LogP contribution < -0.4 is 10.6 Å². The number of benzene rings is 2. The van der Waals surface area contributed by atoms with Crippen molar-refractivity contribution < 1.29 is 14.0 Å². The van der Waals surface area contributed by atoms with Crippen molar-refractivity contribution in [2.45, 2.75) is 26.3 Å². The minimum absolute atomic E-state index is 0.0483. The third-order valence-corrected chi connectivity index (χ3v) is 4.90. The van der Waals surface area contributed by atoms with Gasteiger partial charge in [0, 0.05) is 23.0 Å². The van der Waals surface area contributed by atoms with Gasteiger partial charge in [-0.3, -0.25) is 9.59 Å². The molecule has 2 amide bonds. The van der Waals surface area contributed by atoms with Crippen molar-refractivity contribution in [2.75, 3.05) is 5.32 Å². The van der Waals surface area contributed by atoms with Crippen LogP contribution in [0.2, 0.25) is 5.15 Å². The van der Waals surface area contributed by atoms with Crippen LogP contribution in [-0.2, 0) is 11.2 Å². The highest BCUT2D eigenvalue weighted by Gasteiger charge is 2.16. The van der Waals surface area contributed by atoms with Crippen molar-refractivity contribution in [1.82, 2.24) is 10.3 Å². The molecular formula is C23H21ClFN3O2. The van der Waals surface area contributed by atoms with Crippen molar-refractivity contribution in [3.05, 3.63) is 94.0 Å². The number of nitrogens with one attached hydrogen (secondary N) is 2. The summed E-state index contributed by atoms with van der Waals surface area (Å²) in [5, 5.41) is 5.85. The Labute approximate surface area is 179 Å². The largest absolute Gasteiger partial charge is 0.346 e. The molecule has 154 valence electrons. The Morgan fingerprint density at radius 1 is 1.13 bits per heavy atom. The van der Waals surface area contributed by atoms with Crippen LogP contribution in [0.3, 0.4) is 0 Å². The van der Waals surface area contributed by atoms with E-state index in [4.69, 9.17) is 11.6 Å². The first-order valence-electron chi connectivity index (χ1n) is 9.39. The van der Waals surface area contributed by atoms with Gasteiger partial charge in [-0.15, -0.1) is 0 Å². The number of hydrogen-bond acceptors (Lipinski definition) is 3. The van der Waals surface area contributed by atoms with Gasteiger partial charge in [-0.1, -0.05) is 48.0 Å². The molecule has 1 heterocycles. The van der Waals surface area contributed by atoms with Crippen LogP contribution >= 0.6 is 11.6 Å². The predicted octanol–water partition coefficient (Wildman–Crippen LogP) is 4.85. The number of aromatic nitrogens is 1. The van der Waals surface area contributed by atoms with E-state index in [-0.39, 0.29) is 35.2 Å². The highest BCUT2D eigenvalue weighted by molar-refractivity contribution is 6.29. The second-order valence-corrected chi connectivity index (χ2v) is 7.34. The number of rotatable bonds is 6. The maximum Gasteiger partial charge on any atom is 0.251 e. The highest BCUT2D eigenvalue weighted by atomic mass is 35.5. The van der Waals surface area contributed by atoms with Crippen LogP contribution in [0.15, 0.2) is 60.8 Å². The SMILES string of the molecule is Cc1c(F)cc(C(=O)NC(C)c2ccccc2)cc1NC(=O)Cc1ccc(Cl)nc1. The van der Waals surface area contributed by atoms with E-state index in [1.807, 2.05) is 37.3 Å². The van der Waals surface area contributed by atoms with Crippen LogP contribution in [0, 0.1) is 12.7 Å². The van der Waals surface area contributed by atoms with Gasteiger partial charge in [-0.05, 0) is 43.2 Å². The molecule has 0 radical (unpaired) electrons. The van der Waals surface area contributed by atoms with E-state index in [1.165, 1.54) is 18.3 Å². The molecule has 2 N–H and O–H groups in total. The molecule has 0 saturated heterocycles. The van der Waals surface area contributed by atoms with Gasteiger partial charge in [-0.2, -0.15) is 0 Å². The zero-order chi connectivity index (χ0) is 21.7. The topological polar surface area (TPSA) is 71.1 Å². The van der Waals surface area contributed by atoms with E-state index >= 15 is 0 Å². The summed E-state index contributed by atoms with van der Waals surface area (Å²) in [6, 6.07) is 15.1. The summed E-state index contributed by atoms with van der Waals surface area (Å²) in [4.78, 5) is 29.0. The van der Waals surface area contributed by atoms with Crippen molar-refractivity contribution in [1.29, 1.82) is 0 Å². The van der Waals surface area contributed by atoms with Crippen molar-refractivity contribution in [3.63, 3.8) is 0 Å². The molecule has 3 rings (SSSR count). The maximum atomic E-state index is 14.4. The molecule has 1 atom stereocenters. The van der Waals surface area contributed by atoms with E-state index in [1.54, 1.807) is 19.1 Å². The molecule has 1 unspecified atom stereocenters. The van der Waals surface area contributed by atoms with Gasteiger partial charge in [0.05, 0.1) is 12.5 Å². The molecule has 2 aromatic carbocycles. The number of carbonyl (C=O) groups excluding carboxylic acids is 2. The number of hydrogen-bond donors (Lipinski definition) is 2. The molecule has 30 heavy (non-hydrogen) atoms. The van der Waals surface area contributed by atoms with E-state index in [0.29, 0.717) is 10.7 Å². The van der Waals surface area contributed by atoms with Gasteiger partial charge in [0.2, 0.25) is 5.91 Å². The lowest BCUT2D eigenvalue weighted by atomic mass is 10.1. The number of carbonyl (C=O) groups is 2. The molecule has 0 aliphatic rings. The monoisotopic (exact) mass is 425 g/mol. The highest BCUT2D eigenvalue weighted by Crippen LogP contribution is 2.22. The van der Waals surface area contributed by atoms with Crippen LogP contribution in [0.1, 0.15) is 40.0 Å². The number of halogens is 2. The first kappa shape index (κ1) is 21.5. The minimum Gasteiger partial charge on any atom is -0.346 e. The Morgan fingerprint density at radius 2 is 1.87 bits per heavy atom. The third kappa shape index (κ3) is 5.42. The van der Waals surface area contributed by atoms with Crippen LogP contribution in [0.4, 0.5) is 10.1 Å². The smallest absolute Gasteiger partial charge is 0.251 e. The van der Waals surface area contributed by atoms with Gasteiger partial charge in [0.1, 0.15) is 11.0 Å². The van der Waals surface area contributed by atoms with Gasteiger partial charge in [-0.25, -0.2) is 9.37 Å². The third-order valence-electron chi connectivity index (χ3n) is 4.68. The number of pyridine rings is 1. The number of nitrogens with zero attached hydrogens (tertiary/aromatic N) is 1. The molecule has 5 nitrogen and oxygen atoms in total. The lowest BCUT2D eigenvalue weighted by molar-refractivity contribution is -0.115. The Balaban J connectivity index is 1.73. The van der Waals surface area contributed by atoms with Crippen LogP contribution in [0.25, 0.3) is 0 Å². The van der Waals surface area contributed by atoms with Crippen molar-refractivity contribution >= 4 is 29.1 Å². The average molecular weight is 426 g/mol. The number of amides is 2. The fraction of sp³-hybridized carbons (Fsp3) is 0.174. The molecule has 0 aliphatic carbocycles. The lowest BCUT2D eigenvalue weighted by Crippen LogP contribution is -2.27. The summed E-state index contributed by atoms with van der Waals surface area (Å²) in [6.07, 6.45) is 1.55. The summed E-state index contributed by atoms with van der Waals surface area (Å²) in [5.74, 6) is -1.35. The Bertz CT molecular complexity index is 1060. The summed E-state index contributed by atoms with van der Waals surface area (Å²) in [5.41, 5.74) is 2.23. The van der Waals surface area contributed by atoms with E-state index in [0.717, 1.165) is 5.56 Å². The zero-order valence-corrected chi connectivity index (χ0v) is 17.3. The first-order valence-corrected chi connectivity index (χ1v) is 9.77. The average Bonchev–Trinajstić information content (AvgIpc) is 2.73. The second kappa shape index (κ2) is 9.50. The van der Waals surface area contributed by atoms with Gasteiger partial charge in [0.15, 0.2) is 0 Å². The molecular weight excluding hydrogens is 405 g/mol. The Morgan fingerprint density at radius 3 is 2.53 bits per heavy atom. The molecule has 7 heteroatoms. The summed E-state index contributed by atoms with van der Waals surface area (Å²) in [6.45, 7) is 3.39. The normalized spacial score (nSPS) is 11.6. The number of anilines is 1. The zero-order valence-electron chi connectivity index (χ0n) is 16.6. The lowest BCUT2D eigenvalue weighted by Gasteiger charge is -2.16. The molecule has 0 aliphatic heterocycles. The minimum atomic E-state index is -0.571. The summed E-state index contributed by atoms with van der Waals surface area (Å²) < 4.78 is 14.4. The fourth-order valence-corrected chi connectivity index (χ4v) is 3.05. The van der Waals surface area contributed by atoms with Gasteiger partial charge < -0.3 is 10.6 Å². The van der Waals surface area contributed by atoms with Crippen molar-refractivity contribution in [2.24, 2.45) is 0 Å².